The third-order valence-corrected chi connectivity index (χ3v) is 6.14. The molecule has 174 valence electrons. The number of hydrogen-bond donors (Lipinski definition) is 3. The Morgan fingerprint density at radius 2 is 1.73 bits per heavy atom. The summed E-state index contributed by atoms with van der Waals surface area (Å²) < 4.78 is 13.7. The summed E-state index contributed by atoms with van der Waals surface area (Å²) in [5.41, 5.74) is 1.41. The second-order valence-corrected chi connectivity index (χ2v) is 8.80. The summed E-state index contributed by atoms with van der Waals surface area (Å²) in [5, 5.41) is 10.2. The van der Waals surface area contributed by atoms with Crippen LogP contribution >= 0.6 is 0 Å². The van der Waals surface area contributed by atoms with E-state index in [9.17, 15) is 9.18 Å². The molecular formula is C25H31FN6O. The van der Waals surface area contributed by atoms with E-state index in [1.807, 2.05) is 43.3 Å². The topological polar surface area (TPSA) is 82.2 Å². The molecule has 1 heterocycles. The van der Waals surface area contributed by atoms with Crippen molar-refractivity contribution in [2.24, 2.45) is 5.92 Å². The normalized spacial score (nSPS) is 18.0. The third kappa shape index (κ3) is 5.88. The predicted molar refractivity (Wildman–Crippen MR) is 130 cm³/mol. The maximum absolute atomic E-state index is 13.7. The van der Waals surface area contributed by atoms with Crippen molar-refractivity contribution >= 4 is 28.7 Å². The Morgan fingerprint density at radius 1 is 1.00 bits per heavy atom. The van der Waals surface area contributed by atoms with E-state index in [-0.39, 0.29) is 18.4 Å². The summed E-state index contributed by atoms with van der Waals surface area (Å²) in [6.07, 6.45) is 4.02. The lowest BCUT2D eigenvalue weighted by Crippen LogP contribution is -2.39. The SMILES string of the molecule is CN(C)c1nc(N[C@H]2CC[C@@H](CNC(=O)NCc3ccccc3F)CC2)nc2ccccc12. The fourth-order valence-corrected chi connectivity index (χ4v) is 4.28. The summed E-state index contributed by atoms with van der Waals surface area (Å²) in [4.78, 5) is 23.5. The first-order valence-corrected chi connectivity index (χ1v) is 11.5. The molecule has 0 aliphatic heterocycles. The highest BCUT2D eigenvalue weighted by Crippen LogP contribution is 2.28. The zero-order valence-corrected chi connectivity index (χ0v) is 19.1. The molecule has 1 aliphatic carbocycles. The van der Waals surface area contributed by atoms with Gasteiger partial charge in [0.2, 0.25) is 5.95 Å². The fraction of sp³-hybridized carbons (Fsp3) is 0.400. The predicted octanol–water partition coefficient (Wildman–Crippen LogP) is 4.31. The largest absolute Gasteiger partial charge is 0.362 e. The van der Waals surface area contributed by atoms with E-state index in [2.05, 4.69) is 16.0 Å². The molecule has 3 N–H and O–H groups in total. The average Bonchev–Trinajstić information content (AvgIpc) is 2.82. The fourth-order valence-electron chi connectivity index (χ4n) is 4.28. The molecule has 33 heavy (non-hydrogen) atoms. The van der Waals surface area contributed by atoms with Crippen molar-refractivity contribution in [1.82, 2.24) is 20.6 Å². The van der Waals surface area contributed by atoms with Gasteiger partial charge < -0.3 is 20.9 Å². The van der Waals surface area contributed by atoms with Gasteiger partial charge in [-0.15, -0.1) is 0 Å². The van der Waals surface area contributed by atoms with Crippen molar-refractivity contribution in [3.05, 3.63) is 59.9 Å². The zero-order valence-electron chi connectivity index (χ0n) is 19.1. The van der Waals surface area contributed by atoms with Crippen LogP contribution in [0.2, 0.25) is 0 Å². The van der Waals surface area contributed by atoms with Gasteiger partial charge in [0, 0.05) is 44.2 Å². The summed E-state index contributed by atoms with van der Waals surface area (Å²) in [6.45, 7) is 0.795. The number of nitrogens with zero attached hydrogens (tertiary/aromatic N) is 3. The molecule has 3 aromatic rings. The van der Waals surface area contributed by atoms with Gasteiger partial charge in [-0.2, -0.15) is 4.98 Å². The molecule has 0 saturated heterocycles. The molecule has 7 nitrogen and oxygen atoms in total. The van der Waals surface area contributed by atoms with E-state index in [4.69, 9.17) is 9.97 Å². The van der Waals surface area contributed by atoms with Crippen LogP contribution in [0.4, 0.5) is 21.0 Å². The molecule has 2 amide bonds. The number of carbonyl (C=O) groups is 1. The van der Waals surface area contributed by atoms with Gasteiger partial charge >= 0.3 is 6.03 Å². The van der Waals surface area contributed by atoms with Crippen LogP contribution in [-0.4, -0.2) is 42.7 Å². The number of fused-ring (bicyclic) bond motifs is 1. The zero-order chi connectivity index (χ0) is 23.2. The van der Waals surface area contributed by atoms with E-state index in [1.54, 1.807) is 18.2 Å². The van der Waals surface area contributed by atoms with Gasteiger partial charge in [-0.3, -0.25) is 0 Å². The third-order valence-electron chi connectivity index (χ3n) is 6.14. The molecular weight excluding hydrogens is 419 g/mol. The molecule has 1 saturated carbocycles. The second kappa shape index (κ2) is 10.5. The molecule has 0 bridgehead atoms. The number of halogens is 1. The minimum absolute atomic E-state index is 0.176. The lowest BCUT2D eigenvalue weighted by Gasteiger charge is -2.29. The van der Waals surface area contributed by atoms with Gasteiger partial charge in [-0.1, -0.05) is 30.3 Å². The molecule has 0 unspecified atom stereocenters. The number of benzene rings is 2. The number of nitrogens with one attached hydrogen (secondary N) is 3. The molecule has 1 aliphatic rings. The molecule has 1 aromatic heterocycles. The van der Waals surface area contributed by atoms with Gasteiger partial charge in [0.1, 0.15) is 11.6 Å². The minimum Gasteiger partial charge on any atom is -0.362 e. The molecule has 1 fully saturated rings. The molecule has 8 heteroatoms. The lowest BCUT2D eigenvalue weighted by atomic mass is 9.86. The number of carbonyl (C=O) groups excluding carboxylic acids is 1. The number of para-hydroxylation sites is 1. The highest BCUT2D eigenvalue weighted by Gasteiger charge is 2.22. The van der Waals surface area contributed by atoms with Crippen molar-refractivity contribution in [3.8, 4) is 0 Å². The number of rotatable bonds is 7. The molecule has 0 radical (unpaired) electrons. The van der Waals surface area contributed by atoms with Crippen LogP contribution in [0.5, 0.6) is 0 Å². The summed E-state index contributed by atoms with van der Waals surface area (Å²) in [6, 6.07) is 14.5. The van der Waals surface area contributed by atoms with Crippen LogP contribution in [-0.2, 0) is 6.54 Å². The maximum atomic E-state index is 13.7. The van der Waals surface area contributed by atoms with Gasteiger partial charge in [-0.25, -0.2) is 14.2 Å². The van der Waals surface area contributed by atoms with Gasteiger partial charge in [0.15, 0.2) is 0 Å². The van der Waals surface area contributed by atoms with Crippen molar-refractivity contribution in [2.45, 2.75) is 38.3 Å². The van der Waals surface area contributed by atoms with Crippen molar-refractivity contribution in [2.75, 3.05) is 30.9 Å². The van der Waals surface area contributed by atoms with Crippen molar-refractivity contribution in [3.63, 3.8) is 0 Å². The van der Waals surface area contributed by atoms with Gasteiger partial charge in [-0.05, 0) is 49.8 Å². The number of hydrogen-bond acceptors (Lipinski definition) is 5. The Kier molecular flexibility index (Phi) is 7.22. The minimum atomic E-state index is -0.309. The lowest BCUT2D eigenvalue weighted by molar-refractivity contribution is 0.235. The van der Waals surface area contributed by atoms with Crippen LogP contribution < -0.4 is 20.9 Å². The van der Waals surface area contributed by atoms with Crippen molar-refractivity contribution < 1.29 is 9.18 Å². The van der Waals surface area contributed by atoms with Gasteiger partial charge in [0.25, 0.3) is 0 Å². The summed E-state index contributed by atoms with van der Waals surface area (Å²) in [5.74, 6) is 1.68. The monoisotopic (exact) mass is 450 g/mol. The second-order valence-electron chi connectivity index (χ2n) is 8.80. The Bertz CT molecular complexity index is 1100. The van der Waals surface area contributed by atoms with Crippen LogP contribution in [0.1, 0.15) is 31.2 Å². The van der Waals surface area contributed by atoms with Crippen LogP contribution in [0.25, 0.3) is 10.9 Å². The molecule has 4 rings (SSSR count). The highest BCUT2D eigenvalue weighted by molar-refractivity contribution is 5.90. The summed E-state index contributed by atoms with van der Waals surface area (Å²) in [7, 11) is 3.98. The number of amides is 2. The smallest absolute Gasteiger partial charge is 0.315 e. The van der Waals surface area contributed by atoms with E-state index in [1.165, 1.54) is 6.07 Å². The van der Waals surface area contributed by atoms with Crippen LogP contribution in [0.15, 0.2) is 48.5 Å². The average molecular weight is 451 g/mol. The van der Waals surface area contributed by atoms with Crippen LogP contribution in [0, 0.1) is 11.7 Å². The van der Waals surface area contributed by atoms with Crippen molar-refractivity contribution in [1.29, 1.82) is 0 Å². The maximum Gasteiger partial charge on any atom is 0.315 e. The highest BCUT2D eigenvalue weighted by atomic mass is 19.1. The quantitative estimate of drug-likeness (QED) is 0.500. The first kappa shape index (κ1) is 22.8. The molecule has 0 spiro atoms. The Labute approximate surface area is 193 Å². The van der Waals surface area contributed by atoms with E-state index >= 15 is 0 Å². The Balaban J connectivity index is 1.24. The number of aromatic nitrogens is 2. The Hall–Kier alpha value is -3.42. The van der Waals surface area contributed by atoms with Gasteiger partial charge in [0.05, 0.1) is 5.52 Å². The number of urea groups is 1. The molecule has 0 atom stereocenters. The Morgan fingerprint density at radius 3 is 2.48 bits per heavy atom. The van der Waals surface area contributed by atoms with Crippen LogP contribution in [0.3, 0.4) is 0 Å². The standard InChI is InChI=1S/C25H31FN6O/c1-32(2)23-20-8-4-6-10-22(20)30-24(31-23)29-19-13-11-17(12-14-19)15-27-25(33)28-16-18-7-3-5-9-21(18)26/h3-10,17,19H,11-16H2,1-2H3,(H2,27,28,33)(H,29,30,31)/t17-,19+. The first-order valence-electron chi connectivity index (χ1n) is 11.5. The first-order chi connectivity index (χ1) is 16.0. The van der Waals surface area contributed by atoms with E-state index in [0.29, 0.717) is 30.0 Å². The van der Waals surface area contributed by atoms with E-state index in [0.717, 1.165) is 42.4 Å². The summed E-state index contributed by atoms with van der Waals surface area (Å²) >= 11 is 0. The molecule has 2 aromatic carbocycles. The number of anilines is 2. The van der Waals surface area contributed by atoms with E-state index < -0.39 is 0 Å².